The van der Waals surface area contributed by atoms with Crippen LogP contribution in [-0.4, -0.2) is 39.9 Å². The molecule has 0 unspecified atom stereocenters. The average Bonchev–Trinajstić information content (AvgIpc) is 2.70. The number of carbonyl (C=O) groups is 1. The maximum absolute atomic E-state index is 12.8. The van der Waals surface area contributed by atoms with Gasteiger partial charge in [0.15, 0.2) is 5.82 Å². The van der Waals surface area contributed by atoms with E-state index in [0.717, 1.165) is 24.2 Å². The number of hydrogen-bond donors (Lipinski definition) is 1. The number of nitrogens with zero attached hydrogens (tertiary/aromatic N) is 3. The summed E-state index contributed by atoms with van der Waals surface area (Å²) in [5, 5.41) is 3.54. The first-order valence-electron chi connectivity index (χ1n) is 9.71. The van der Waals surface area contributed by atoms with Crippen molar-refractivity contribution in [1.29, 1.82) is 0 Å². The SMILES string of the molecule is CCN(CC)C(=O)c1cc(NC2CCCCC2)nc(-c2ccccc2)n1. The fraction of sp³-hybridized carbons (Fsp3) is 0.476. The lowest BCUT2D eigenvalue weighted by atomic mass is 9.95. The predicted molar refractivity (Wildman–Crippen MR) is 105 cm³/mol. The van der Waals surface area contributed by atoms with Crippen LogP contribution in [0.5, 0.6) is 0 Å². The molecule has 1 fully saturated rings. The minimum atomic E-state index is -0.0405. The minimum Gasteiger partial charge on any atom is -0.367 e. The molecule has 1 saturated carbocycles. The summed E-state index contributed by atoms with van der Waals surface area (Å²) in [6, 6.07) is 12.1. The zero-order chi connectivity index (χ0) is 18.4. The van der Waals surface area contributed by atoms with E-state index < -0.39 is 0 Å². The van der Waals surface area contributed by atoms with Crippen LogP contribution in [0.1, 0.15) is 56.4 Å². The molecule has 0 spiro atoms. The second-order valence-corrected chi connectivity index (χ2v) is 6.78. The molecule has 0 atom stereocenters. The van der Waals surface area contributed by atoms with Gasteiger partial charge in [-0.1, -0.05) is 49.6 Å². The van der Waals surface area contributed by atoms with Gasteiger partial charge in [0.05, 0.1) is 0 Å². The molecule has 1 N–H and O–H groups in total. The Morgan fingerprint density at radius 3 is 2.42 bits per heavy atom. The maximum atomic E-state index is 12.8. The van der Waals surface area contributed by atoms with Gasteiger partial charge in [0, 0.05) is 30.8 Å². The summed E-state index contributed by atoms with van der Waals surface area (Å²) in [6.45, 7) is 5.32. The Bertz CT molecular complexity index is 722. The van der Waals surface area contributed by atoms with Crippen LogP contribution in [0.4, 0.5) is 5.82 Å². The van der Waals surface area contributed by atoms with Crippen LogP contribution in [-0.2, 0) is 0 Å². The highest BCUT2D eigenvalue weighted by molar-refractivity contribution is 5.93. The Kier molecular flexibility index (Phi) is 6.21. The first-order chi connectivity index (χ1) is 12.7. The van der Waals surface area contributed by atoms with E-state index in [9.17, 15) is 4.79 Å². The molecule has 5 nitrogen and oxygen atoms in total. The lowest BCUT2D eigenvalue weighted by Crippen LogP contribution is -2.31. The van der Waals surface area contributed by atoms with Gasteiger partial charge < -0.3 is 10.2 Å². The molecule has 138 valence electrons. The van der Waals surface area contributed by atoms with Gasteiger partial charge in [-0.05, 0) is 26.7 Å². The summed E-state index contributed by atoms with van der Waals surface area (Å²) in [4.78, 5) is 23.9. The first kappa shape index (κ1) is 18.4. The van der Waals surface area contributed by atoms with Crippen molar-refractivity contribution in [2.75, 3.05) is 18.4 Å². The van der Waals surface area contributed by atoms with Crippen LogP contribution >= 0.6 is 0 Å². The molecule has 1 aromatic heterocycles. The number of nitrogens with one attached hydrogen (secondary N) is 1. The highest BCUT2D eigenvalue weighted by atomic mass is 16.2. The molecule has 1 aliphatic carbocycles. The fourth-order valence-corrected chi connectivity index (χ4v) is 3.48. The summed E-state index contributed by atoms with van der Waals surface area (Å²) in [5.41, 5.74) is 1.38. The lowest BCUT2D eigenvalue weighted by molar-refractivity contribution is 0.0767. The lowest BCUT2D eigenvalue weighted by Gasteiger charge is -2.24. The molecule has 3 rings (SSSR count). The van der Waals surface area contributed by atoms with Crippen LogP contribution in [0.15, 0.2) is 36.4 Å². The van der Waals surface area contributed by atoms with E-state index in [1.54, 1.807) is 4.90 Å². The van der Waals surface area contributed by atoms with Gasteiger partial charge in [-0.2, -0.15) is 0 Å². The third-order valence-corrected chi connectivity index (χ3v) is 4.99. The van der Waals surface area contributed by atoms with E-state index in [4.69, 9.17) is 4.98 Å². The maximum Gasteiger partial charge on any atom is 0.272 e. The van der Waals surface area contributed by atoms with E-state index in [2.05, 4.69) is 10.3 Å². The number of aromatic nitrogens is 2. The van der Waals surface area contributed by atoms with E-state index in [1.165, 1.54) is 19.3 Å². The summed E-state index contributed by atoms with van der Waals surface area (Å²) in [6.07, 6.45) is 6.12. The van der Waals surface area contributed by atoms with Crippen molar-refractivity contribution >= 4 is 11.7 Å². The average molecular weight is 352 g/mol. The molecule has 5 heteroatoms. The van der Waals surface area contributed by atoms with Crippen molar-refractivity contribution in [3.05, 3.63) is 42.1 Å². The highest BCUT2D eigenvalue weighted by Gasteiger charge is 2.19. The molecule has 1 aromatic carbocycles. The number of carbonyl (C=O) groups excluding carboxylic acids is 1. The molecular formula is C21H28N4O. The van der Waals surface area contributed by atoms with Gasteiger partial charge in [-0.25, -0.2) is 9.97 Å². The molecule has 26 heavy (non-hydrogen) atoms. The third kappa shape index (κ3) is 4.40. The molecule has 0 radical (unpaired) electrons. The Balaban J connectivity index is 1.94. The Hall–Kier alpha value is -2.43. The van der Waals surface area contributed by atoms with Crippen molar-refractivity contribution in [2.24, 2.45) is 0 Å². The Morgan fingerprint density at radius 2 is 1.77 bits per heavy atom. The standard InChI is InChI=1S/C21H28N4O/c1-3-25(4-2)21(26)18-15-19(22-17-13-9-6-10-14-17)24-20(23-18)16-11-7-5-8-12-16/h5,7-8,11-12,15,17H,3-4,6,9-10,13-14H2,1-2H3,(H,22,23,24). The van der Waals surface area contributed by atoms with Gasteiger partial charge in [-0.15, -0.1) is 0 Å². The van der Waals surface area contributed by atoms with Crippen molar-refractivity contribution in [1.82, 2.24) is 14.9 Å². The Labute approximate surface area is 155 Å². The molecule has 1 aliphatic rings. The van der Waals surface area contributed by atoms with Crippen LogP contribution in [0.25, 0.3) is 11.4 Å². The molecule has 0 bridgehead atoms. The molecule has 0 saturated heterocycles. The number of amides is 1. The van der Waals surface area contributed by atoms with E-state index in [-0.39, 0.29) is 5.91 Å². The number of anilines is 1. The van der Waals surface area contributed by atoms with Crippen LogP contribution in [0.3, 0.4) is 0 Å². The Morgan fingerprint density at radius 1 is 1.08 bits per heavy atom. The predicted octanol–water partition coefficient (Wildman–Crippen LogP) is 4.37. The van der Waals surface area contributed by atoms with Crippen LogP contribution in [0.2, 0.25) is 0 Å². The van der Waals surface area contributed by atoms with Crippen LogP contribution in [0, 0.1) is 0 Å². The number of benzene rings is 1. The summed E-state index contributed by atoms with van der Waals surface area (Å²) in [7, 11) is 0. The molecule has 1 amide bonds. The van der Waals surface area contributed by atoms with Crippen molar-refractivity contribution < 1.29 is 4.79 Å². The molecular weight excluding hydrogens is 324 g/mol. The van der Waals surface area contributed by atoms with Crippen LogP contribution < -0.4 is 5.32 Å². The van der Waals surface area contributed by atoms with Gasteiger partial charge in [0.2, 0.25) is 0 Å². The fourth-order valence-electron chi connectivity index (χ4n) is 3.48. The summed E-state index contributed by atoms with van der Waals surface area (Å²) < 4.78 is 0. The second kappa shape index (κ2) is 8.79. The number of hydrogen-bond acceptors (Lipinski definition) is 4. The molecule has 1 heterocycles. The van der Waals surface area contributed by atoms with Crippen molar-refractivity contribution in [3.8, 4) is 11.4 Å². The second-order valence-electron chi connectivity index (χ2n) is 6.78. The third-order valence-electron chi connectivity index (χ3n) is 4.99. The molecule has 0 aliphatic heterocycles. The van der Waals surface area contributed by atoms with Gasteiger partial charge in [-0.3, -0.25) is 4.79 Å². The number of rotatable bonds is 6. The molecule has 2 aromatic rings. The van der Waals surface area contributed by atoms with Gasteiger partial charge in [0.1, 0.15) is 11.5 Å². The van der Waals surface area contributed by atoms with E-state index in [0.29, 0.717) is 30.6 Å². The highest BCUT2D eigenvalue weighted by Crippen LogP contribution is 2.23. The quantitative estimate of drug-likeness (QED) is 0.839. The summed E-state index contributed by atoms with van der Waals surface area (Å²) in [5.74, 6) is 1.31. The van der Waals surface area contributed by atoms with Gasteiger partial charge >= 0.3 is 0 Å². The zero-order valence-electron chi connectivity index (χ0n) is 15.7. The van der Waals surface area contributed by atoms with Gasteiger partial charge in [0.25, 0.3) is 5.91 Å². The van der Waals surface area contributed by atoms with E-state index in [1.807, 2.05) is 50.2 Å². The normalized spacial score (nSPS) is 14.8. The van der Waals surface area contributed by atoms with Crippen molar-refractivity contribution in [2.45, 2.75) is 52.0 Å². The smallest absolute Gasteiger partial charge is 0.272 e. The minimum absolute atomic E-state index is 0.0405. The van der Waals surface area contributed by atoms with E-state index >= 15 is 0 Å². The zero-order valence-corrected chi connectivity index (χ0v) is 15.7. The first-order valence-corrected chi connectivity index (χ1v) is 9.71. The topological polar surface area (TPSA) is 58.1 Å². The largest absolute Gasteiger partial charge is 0.367 e. The monoisotopic (exact) mass is 352 g/mol. The van der Waals surface area contributed by atoms with Crippen molar-refractivity contribution in [3.63, 3.8) is 0 Å². The summed E-state index contributed by atoms with van der Waals surface area (Å²) >= 11 is 0.